The molecule has 32 heavy (non-hydrogen) atoms. The Kier molecular flexibility index (Phi) is 6.60. The third-order valence-electron chi connectivity index (χ3n) is 4.85. The van der Waals surface area contributed by atoms with Gasteiger partial charge in [-0.1, -0.05) is 42.4 Å². The minimum absolute atomic E-state index is 0.0316. The van der Waals surface area contributed by atoms with Gasteiger partial charge in [0.2, 0.25) is 0 Å². The Hall–Kier alpha value is -2.36. The monoisotopic (exact) mass is 539 g/mol. The molecule has 0 aliphatic rings. The largest absolute Gasteiger partial charge is 0.481 e. The average molecular weight is 541 g/mol. The van der Waals surface area contributed by atoms with Crippen molar-refractivity contribution in [1.29, 1.82) is 0 Å². The molecule has 0 aliphatic carbocycles. The van der Waals surface area contributed by atoms with Crippen molar-refractivity contribution in [3.05, 3.63) is 69.5 Å². The highest BCUT2D eigenvalue weighted by Gasteiger charge is 2.24. The number of carboxylic acid groups (broad SMARTS) is 1. The summed E-state index contributed by atoms with van der Waals surface area (Å²) in [5, 5.41) is 13.9. The molecule has 0 saturated carbocycles. The number of aryl methyl sites for hydroxylation is 1. The number of carboxylic acids is 1. The molecule has 0 spiro atoms. The second-order valence-electron chi connectivity index (χ2n) is 7.08. The summed E-state index contributed by atoms with van der Waals surface area (Å²) < 4.78 is 34.1. The summed E-state index contributed by atoms with van der Waals surface area (Å²) in [4.78, 5) is 11.9. The lowest BCUT2D eigenvalue weighted by Crippen LogP contribution is -2.03. The molecule has 0 aliphatic heterocycles. The highest BCUT2D eigenvalue weighted by molar-refractivity contribution is 9.10. The fraction of sp³-hybridized carbons (Fsp3) is 0.182. The summed E-state index contributed by atoms with van der Waals surface area (Å²) >= 11 is 10.7. The molecule has 2 heterocycles. The quantitative estimate of drug-likeness (QED) is 0.283. The predicted octanol–water partition coefficient (Wildman–Crippen LogP) is 6.71. The van der Waals surface area contributed by atoms with Crippen molar-refractivity contribution in [2.75, 3.05) is 0 Å². The molecule has 2 aromatic heterocycles. The van der Waals surface area contributed by atoms with E-state index < -0.39 is 24.0 Å². The first-order valence-electron chi connectivity index (χ1n) is 9.69. The lowest BCUT2D eigenvalue weighted by molar-refractivity contribution is -0.136. The van der Waals surface area contributed by atoms with Crippen LogP contribution in [0.15, 0.2) is 57.1 Å². The van der Waals surface area contributed by atoms with E-state index in [4.69, 9.17) is 16.7 Å². The zero-order valence-corrected chi connectivity index (χ0v) is 19.9. The van der Waals surface area contributed by atoms with Gasteiger partial charge in [-0.25, -0.2) is 8.78 Å². The Morgan fingerprint density at radius 3 is 2.75 bits per heavy atom. The number of fused-ring (bicyclic) bond motifs is 1. The SMILES string of the molecule is CCCn1cc(-n2c(Br)c(Sc3cccc(CC(=O)O)c3F)c3ccc(Cl)c(F)c32)cn1. The summed E-state index contributed by atoms with van der Waals surface area (Å²) in [6, 6.07) is 7.74. The van der Waals surface area contributed by atoms with Crippen molar-refractivity contribution >= 4 is 56.2 Å². The van der Waals surface area contributed by atoms with Crippen LogP contribution in [0.1, 0.15) is 18.9 Å². The topological polar surface area (TPSA) is 60.0 Å². The van der Waals surface area contributed by atoms with Crippen molar-refractivity contribution in [3.8, 4) is 5.69 Å². The molecule has 2 aromatic carbocycles. The molecule has 1 N–H and O–H groups in total. The van der Waals surface area contributed by atoms with Gasteiger partial charge in [-0.15, -0.1) is 0 Å². The van der Waals surface area contributed by atoms with Crippen LogP contribution in [-0.2, 0) is 17.8 Å². The molecule has 5 nitrogen and oxygen atoms in total. The van der Waals surface area contributed by atoms with Crippen molar-refractivity contribution < 1.29 is 18.7 Å². The zero-order chi connectivity index (χ0) is 23.0. The van der Waals surface area contributed by atoms with Crippen LogP contribution in [0.4, 0.5) is 8.78 Å². The van der Waals surface area contributed by atoms with E-state index in [9.17, 15) is 9.18 Å². The van der Waals surface area contributed by atoms with E-state index in [1.807, 2.05) is 6.92 Å². The molecule has 0 fully saturated rings. The first kappa shape index (κ1) is 22.8. The minimum Gasteiger partial charge on any atom is -0.481 e. The molecule has 0 atom stereocenters. The molecule has 0 bridgehead atoms. The smallest absolute Gasteiger partial charge is 0.307 e. The molecule has 4 aromatic rings. The summed E-state index contributed by atoms with van der Waals surface area (Å²) in [6.07, 6.45) is 3.89. The van der Waals surface area contributed by atoms with E-state index in [1.165, 1.54) is 12.1 Å². The summed E-state index contributed by atoms with van der Waals surface area (Å²) in [5.74, 6) is -2.33. The lowest BCUT2D eigenvalue weighted by Gasteiger charge is -2.07. The van der Waals surface area contributed by atoms with Crippen molar-refractivity contribution in [2.24, 2.45) is 0 Å². The summed E-state index contributed by atoms with van der Waals surface area (Å²) in [5.41, 5.74) is 0.950. The maximum atomic E-state index is 15.2. The van der Waals surface area contributed by atoms with E-state index in [1.54, 1.807) is 39.8 Å². The normalized spacial score (nSPS) is 11.4. The fourth-order valence-electron chi connectivity index (χ4n) is 3.46. The van der Waals surface area contributed by atoms with Gasteiger partial charge in [0.15, 0.2) is 5.82 Å². The highest BCUT2D eigenvalue weighted by atomic mass is 79.9. The van der Waals surface area contributed by atoms with Gasteiger partial charge in [-0.05, 0) is 40.5 Å². The number of aliphatic carboxylic acids is 1. The van der Waals surface area contributed by atoms with Crippen LogP contribution in [0.5, 0.6) is 0 Å². The third-order valence-corrected chi connectivity index (χ3v) is 7.31. The van der Waals surface area contributed by atoms with E-state index in [-0.39, 0.29) is 21.0 Å². The fourth-order valence-corrected chi connectivity index (χ4v) is 5.48. The van der Waals surface area contributed by atoms with Gasteiger partial charge < -0.3 is 5.11 Å². The van der Waals surface area contributed by atoms with Crippen LogP contribution in [0.25, 0.3) is 16.6 Å². The predicted molar refractivity (Wildman–Crippen MR) is 124 cm³/mol. The van der Waals surface area contributed by atoms with Crippen LogP contribution in [0.2, 0.25) is 5.02 Å². The standard InChI is InChI=1S/C22H17BrClF2N3O2S/c1-2-8-28-11-13(10-27-28)29-20-14(6-7-15(24)19(20)26)21(22(29)23)32-16-5-3-4-12(18(16)25)9-17(30)31/h3-7,10-11H,2,8-9H2,1H3,(H,30,31). The first-order chi connectivity index (χ1) is 15.3. The van der Waals surface area contributed by atoms with E-state index in [2.05, 4.69) is 21.0 Å². The second-order valence-corrected chi connectivity index (χ2v) is 9.29. The van der Waals surface area contributed by atoms with Gasteiger partial charge in [0, 0.05) is 28.6 Å². The van der Waals surface area contributed by atoms with Crippen molar-refractivity contribution in [3.63, 3.8) is 0 Å². The van der Waals surface area contributed by atoms with E-state index in [0.717, 1.165) is 18.2 Å². The number of hydrogen-bond acceptors (Lipinski definition) is 3. The Balaban J connectivity index is 1.89. The zero-order valence-electron chi connectivity index (χ0n) is 16.8. The molecule has 0 saturated heterocycles. The molecule has 0 amide bonds. The summed E-state index contributed by atoms with van der Waals surface area (Å²) in [7, 11) is 0. The maximum absolute atomic E-state index is 15.2. The maximum Gasteiger partial charge on any atom is 0.307 e. The second kappa shape index (κ2) is 9.25. The van der Waals surface area contributed by atoms with Gasteiger partial charge in [-0.3, -0.25) is 14.0 Å². The Morgan fingerprint density at radius 2 is 2.03 bits per heavy atom. The molecule has 0 radical (unpaired) electrons. The Labute approximate surface area is 200 Å². The minimum atomic E-state index is -1.12. The van der Waals surface area contributed by atoms with Crippen LogP contribution in [0, 0.1) is 11.6 Å². The van der Waals surface area contributed by atoms with Crippen LogP contribution in [-0.4, -0.2) is 25.4 Å². The highest BCUT2D eigenvalue weighted by Crippen LogP contribution is 2.45. The van der Waals surface area contributed by atoms with Crippen LogP contribution < -0.4 is 0 Å². The van der Waals surface area contributed by atoms with Gasteiger partial charge in [0.1, 0.15) is 10.4 Å². The molecule has 166 valence electrons. The van der Waals surface area contributed by atoms with Crippen LogP contribution in [0.3, 0.4) is 0 Å². The number of nitrogens with zero attached hydrogens (tertiary/aromatic N) is 3. The van der Waals surface area contributed by atoms with Crippen molar-refractivity contribution in [2.45, 2.75) is 36.1 Å². The van der Waals surface area contributed by atoms with Gasteiger partial charge in [0.05, 0.1) is 33.7 Å². The Morgan fingerprint density at radius 1 is 1.25 bits per heavy atom. The van der Waals surface area contributed by atoms with E-state index >= 15 is 4.39 Å². The summed E-state index contributed by atoms with van der Waals surface area (Å²) in [6.45, 7) is 2.74. The first-order valence-corrected chi connectivity index (χ1v) is 11.7. The molecule has 0 unspecified atom stereocenters. The molecular weight excluding hydrogens is 524 g/mol. The number of rotatable bonds is 7. The van der Waals surface area contributed by atoms with Crippen LogP contribution >= 0.6 is 39.3 Å². The third kappa shape index (κ3) is 4.16. The van der Waals surface area contributed by atoms with Gasteiger partial charge in [0.25, 0.3) is 0 Å². The number of carbonyl (C=O) groups is 1. The lowest BCUT2D eigenvalue weighted by atomic mass is 10.1. The number of halogens is 4. The number of benzene rings is 2. The molecule has 10 heteroatoms. The van der Waals surface area contributed by atoms with Crippen molar-refractivity contribution in [1.82, 2.24) is 14.3 Å². The van der Waals surface area contributed by atoms with Gasteiger partial charge in [-0.2, -0.15) is 5.10 Å². The average Bonchev–Trinajstić information content (AvgIpc) is 3.30. The Bertz CT molecular complexity index is 1340. The van der Waals surface area contributed by atoms with Gasteiger partial charge >= 0.3 is 5.97 Å². The molecular formula is C22H17BrClF2N3O2S. The molecule has 4 rings (SSSR count). The number of hydrogen-bond donors (Lipinski definition) is 1. The van der Waals surface area contributed by atoms with E-state index in [0.29, 0.717) is 27.1 Å². The number of aromatic nitrogens is 3.